The van der Waals surface area contributed by atoms with E-state index < -0.39 is 18.2 Å². The van der Waals surface area contributed by atoms with Crippen molar-refractivity contribution in [2.24, 2.45) is 40.4 Å². The van der Waals surface area contributed by atoms with E-state index in [1.54, 1.807) is 0 Å². The molecular weight excluding hydrogens is 409 g/mol. The molecule has 0 bridgehead atoms. The summed E-state index contributed by atoms with van der Waals surface area (Å²) in [5.74, 6) is 3.43. The Morgan fingerprint density at radius 1 is 1.06 bits per heavy atom. The Hall–Kier alpha value is -0.510. The average molecular weight is 455 g/mol. The number of unbranched alkanes of at least 4 members (excludes halogenated alkanes) is 1. The highest BCUT2D eigenvalue weighted by Gasteiger charge is 2.59. The zero-order valence-corrected chi connectivity index (χ0v) is 20.7. The van der Waals surface area contributed by atoms with Crippen molar-refractivity contribution < 1.29 is 18.3 Å². The second kappa shape index (κ2) is 8.61. The monoisotopic (exact) mass is 454 g/mol. The molecule has 0 aromatic rings. The van der Waals surface area contributed by atoms with Crippen LogP contribution in [0, 0.1) is 40.4 Å². The van der Waals surface area contributed by atoms with Crippen LogP contribution in [0.25, 0.3) is 0 Å². The fourth-order valence-electron chi connectivity index (χ4n) is 8.98. The minimum atomic E-state index is -4.01. The molecule has 184 valence electrons. The minimum Gasteiger partial charge on any atom is -0.390 e. The molecule has 1 nitrogen and oxygen atoms in total. The van der Waals surface area contributed by atoms with E-state index in [9.17, 15) is 18.3 Å². The zero-order valence-electron chi connectivity index (χ0n) is 20.7. The van der Waals surface area contributed by atoms with Gasteiger partial charge in [-0.15, -0.1) is 0 Å². The first-order valence-electron chi connectivity index (χ1n) is 13.4. The Labute approximate surface area is 193 Å². The van der Waals surface area contributed by atoms with Crippen molar-refractivity contribution in [1.29, 1.82) is 0 Å². The third-order valence-corrected chi connectivity index (χ3v) is 11.0. The molecule has 1 N–H and O–H groups in total. The molecule has 4 aliphatic rings. The SMILES string of the molecule is CC[C@]1(O)CC[C@@]2(C)C(=CC[C@H]3[C@@H]4CC[C@H]([C@H](C)CCCCC(F)(F)F)[C@@]4(C)CC[C@@H]32)C1. The third kappa shape index (κ3) is 4.31. The Morgan fingerprint density at radius 3 is 2.50 bits per heavy atom. The van der Waals surface area contributed by atoms with Crippen LogP contribution in [-0.4, -0.2) is 16.9 Å². The van der Waals surface area contributed by atoms with E-state index in [1.807, 2.05) is 0 Å². The maximum atomic E-state index is 12.5. The van der Waals surface area contributed by atoms with Crippen molar-refractivity contribution in [2.75, 3.05) is 0 Å². The van der Waals surface area contributed by atoms with Gasteiger partial charge in [-0.25, -0.2) is 0 Å². The molecule has 0 aromatic heterocycles. The van der Waals surface area contributed by atoms with Crippen LogP contribution in [0.5, 0.6) is 0 Å². The first kappa shape index (κ1) is 24.6. The minimum absolute atomic E-state index is 0.257. The summed E-state index contributed by atoms with van der Waals surface area (Å²) in [6, 6.07) is 0. The van der Waals surface area contributed by atoms with Crippen molar-refractivity contribution in [3.05, 3.63) is 11.6 Å². The lowest BCUT2D eigenvalue weighted by Gasteiger charge is -2.59. The number of hydrogen-bond donors (Lipinski definition) is 1. The van der Waals surface area contributed by atoms with Gasteiger partial charge in [-0.3, -0.25) is 0 Å². The molecule has 8 atom stereocenters. The van der Waals surface area contributed by atoms with Gasteiger partial charge in [0.25, 0.3) is 0 Å². The van der Waals surface area contributed by atoms with Gasteiger partial charge in [0.15, 0.2) is 0 Å². The van der Waals surface area contributed by atoms with Crippen molar-refractivity contribution in [3.8, 4) is 0 Å². The summed E-state index contributed by atoms with van der Waals surface area (Å²) in [5, 5.41) is 10.9. The molecule has 3 fully saturated rings. The summed E-state index contributed by atoms with van der Waals surface area (Å²) in [6.07, 6.45) is 9.84. The predicted molar refractivity (Wildman–Crippen MR) is 124 cm³/mol. The quantitative estimate of drug-likeness (QED) is 0.315. The first-order valence-corrected chi connectivity index (χ1v) is 13.4. The van der Waals surface area contributed by atoms with E-state index in [1.165, 1.54) is 37.7 Å². The molecule has 0 unspecified atom stereocenters. The molecule has 0 aliphatic heterocycles. The summed E-state index contributed by atoms with van der Waals surface area (Å²) >= 11 is 0. The highest BCUT2D eigenvalue weighted by atomic mass is 19.4. The second-order valence-electron chi connectivity index (χ2n) is 12.6. The van der Waals surface area contributed by atoms with Gasteiger partial charge in [0.1, 0.15) is 0 Å². The lowest BCUT2D eigenvalue weighted by atomic mass is 9.46. The standard InChI is InChI=1S/C28H45F3O/c1-5-27(32)17-16-25(3)20(18-27)9-10-21-23-12-11-22(26(23,4)15-13-24(21)25)19(2)8-6-7-14-28(29,30)31/h9,19,21-24,32H,5-8,10-18H2,1-4H3/t19-,21+,22-,23+,24+,25+,26-,27+/m1/s1. The highest BCUT2D eigenvalue weighted by molar-refractivity contribution is 5.27. The van der Waals surface area contributed by atoms with Crippen LogP contribution in [0.4, 0.5) is 13.2 Å². The number of aliphatic hydroxyl groups is 1. The van der Waals surface area contributed by atoms with Gasteiger partial charge in [0.05, 0.1) is 5.60 Å². The molecule has 0 aromatic carbocycles. The Kier molecular flexibility index (Phi) is 6.62. The van der Waals surface area contributed by atoms with Crippen LogP contribution < -0.4 is 0 Å². The van der Waals surface area contributed by atoms with Gasteiger partial charge in [-0.2, -0.15) is 13.2 Å². The molecule has 32 heavy (non-hydrogen) atoms. The predicted octanol–water partition coefficient (Wildman–Crippen LogP) is 8.47. The smallest absolute Gasteiger partial charge is 0.389 e. The van der Waals surface area contributed by atoms with Crippen molar-refractivity contribution >= 4 is 0 Å². The first-order chi connectivity index (χ1) is 14.9. The fraction of sp³-hybridized carbons (Fsp3) is 0.929. The summed E-state index contributed by atoms with van der Waals surface area (Å²) in [4.78, 5) is 0. The van der Waals surface area contributed by atoms with Gasteiger partial charge >= 0.3 is 6.18 Å². The van der Waals surface area contributed by atoms with Gasteiger partial charge in [0, 0.05) is 6.42 Å². The molecule has 0 saturated heterocycles. The lowest BCUT2D eigenvalue weighted by molar-refractivity contribution is -0.135. The molecule has 0 spiro atoms. The van der Waals surface area contributed by atoms with Crippen LogP contribution in [0.1, 0.15) is 111 Å². The zero-order chi connectivity index (χ0) is 23.4. The lowest BCUT2D eigenvalue weighted by Crippen LogP contribution is -2.52. The third-order valence-electron chi connectivity index (χ3n) is 11.0. The second-order valence-corrected chi connectivity index (χ2v) is 12.6. The Balaban J connectivity index is 1.44. The molecule has 0 heterocycles. The van der Waals surface area contributed by atoms with Crippen LogP contribution in [0.15, 0.2) is 11.6 Å². The van der Waals surface area contributed by atoms with E-state index in [0.717, 1.165) is 49.9 Å². The van der Waals surface area contributed by atoms with Crippen LogP contribution in [0.3, 0.4) is 0 Å². The summed E-state index contributed by atoms with van der Waals surface area (Å²) in [5.41, 5.74) is 1.64. The van der Waals surface area contributed by atoms with Gasteiger partial charge < -0.3 is 5.11 Å². The summed E-state index contributed by atoms with van der Waals surface area (Å²) < 4.78 is 37.5. The number of alkyl halides is 3. The van der Waals surface area contributed by atoms with E-state index in [-0.39, 0.29) is 11.8 Å². The van der Waals surface area contributed by atoms with Crippen LogP contribution in [0.2, 0.25) is 0 Å². The summed E-state index contributed by atoms with van der Waals surface area (Å²) in [6.45, 7) is 9.44. The van der Waals surface area contributed by atoms with Crippen molar-refractivity contribution in [3.63, 3.8) is 0 Å². The molecule has 4 rings (SSSR count). The maximum absolute atomic E-state index is 12.5. The summed E-state index contributed by atoms with van der Waals surface area (Å²) in [7, 11) is 0. The number of halogens is 3. The molecule has 3 saturated carbocycles. The van der Waals surface area contributed by atoms with Gasteiger partial charge in [-0.05, 0) is 105 Å². The number of allylic oxidation sites excluding steroid dienone is 1. The largest absolute Gasteiger partial charge is 0.390 e. The number of hydrogen-bond acceptors (Lipinski definition) is 1. The number of rotatable bonds is 6. The normalized spacial score (nSPS) is 44.9. The van der Waals surface area contributed by atoms with E-state index >= 15 is 0 Å². The average Bonchev–Trinajstić information content (AvgIpc) is 3.08. The van der Waals surface area contributed by atoms with Crippen LogP contribution in [-0.2, 0) is 0 Å². The van der Waals surface area contributed by atoms with E-state index in [2.05, 4.69) is 33.8 Å². The molecular formula is C28H45F3O. The fourth-order valence-corrected chi connectivity index (χ4v) is 8.98. The molecule has 0 radical (unpaired) electrons. The van der Waals surface area contributed by atoms with Crippen LogP contribution >= 0.6 is 0 Å². The maximum Gasteiger partial charge on any atom is 0.389 e. The Morgan fingerprint density at radius 2 is 1.81 bits per heavy atom. The topological polar surface area (TPSA) is 20.2 Å². The molecule has 4 heteroatoms. The molecule has 0 amide bonds. The molecule has 4 aliphatic carbocycles. The Bertz CT molecular complexity index is 714. The van der Waals surface area contributed by atoms with Crippen molar-refractivity contribution in [1.82, 2.24) is 0 Å². The number of fused-ring (bicyclic) bond motifs is 5. The van der Waals surface area contributed by atoms with E-state index in [4.69, 9.17) is 0 Å². The van der Waals surface area contributed by atoms with Gasteiger partial charge in [0.2, 0.25) is 0 Å². The van der Waals surface area contributed by atoms with E-state index in [0.29, 0.717) is 23.7 Å². The van der Waals surface area contributed by atoms with Gasteiger partial charge in [-0.1, -0.05) is 52.2 Å². The van der Waals surface area contributed by atoms with Crippen molar-refractivity contribution in [2.45, 2.75) is 123 Å². The highest BCUT2D eigenvalue weighted by Crippen LogP contribution is 2.67.